The number of ether oxygens (including phenoxy) is 2. The van der Waals surface area contributed by atoms with Gasteiger partial charge in [-0.05, 0) is 31.4 Å². The average Bonchev–Trinajstić information content (AvgIpc) is 2.69. The van der Waals surface area contributed by atoms with Gasteiger partial charge in [0.1, 0.15) is 6.04 Å². The molecule has 0 aliphatic rings. The van der Waals surface area contributed by atoms with Gasteiger partial charge in [0.15, 0.2) is 6.61 Å². The van der Waals surface area contributed by atoms with Crippen molar-refractivity contribution >= 4 is 28.7 Å². The van der Waals surface area contributed by atoms with Crippen molar-refractivity contribution in [3.8, 4) is 0 Å². The standard InChI is InChI=1S/C21H26N2O5/c1-6-12(2)19(21(26)27-5)23-17(24)11-28-20(25)18-13(3)15-9-7-8-10-16(15)22-14(18)4/h7-10,12,19H,6,11H2,1-5H3,(H,23,24)/t12-,19+/m1/s1. The Bertz CT molecular complexity index is 894. The largest absolute Gasteiger partial charge is 0.467 e. The minimum Gasteiger partial charge on any atom is -0.467 e. The third kappa shape index (κ3) is 4.65. The molecule has 1 N–H and O–H groups in total. The van der Waals surface area contributed by atoms with Crippen molar-refractivity contribution in [2.45, 2.75) is 40.2 Å². The van der Waals surface area contributed by atoms with Gasteiger partial charge in [-0.1, -0.05) is 38.5 Å². The van der Waals surface area contributed by atoms with Crippen LogP contribution in [0.5, 0.6) is 0 Å². The molecule has 1 amide bonds. The van der Waals surface area contributed by atoms with Gasteiger partial charge in [0.25, 0.3) is 5.91 Å². The van der Waals surface area contributed by atoms with E-state index in [4.69, 9.17) is 9.47 Å². The van der Waals surface area contributed by atoms with Crippen LogP contribution in [0.15, 0.2) is 24.3 Å². The van der Waals surface area contributed by atoms with E-state index in [1.807, 2.05) is 45.0 Å². The summed E-state index contributed by atoms with van der Waals surface area (Å²) in [4.78, 5) is 41.1. The predicted octanol–water partition coefficient (Wildman–Crippen LogP) is 2.71. The fraction of sp³-hybridized carbons (Fsp3) is 0.429. The van der Waals surface area contributed by atoms with Crippen molar-refractivity contribution in [3.63, 3.8) is 0 Å². The molecule has 0 aliphatic heterocycles. The molecule has 0 unspecified atom stereocenters. The van der Waals surface area contributed by atoms with Crippen LogP contribution in [0.2, 0.25) is 0 Å². The number of hydrogen-bond acceptors (Lipinski definition) is 6. The maximum absolute atomic E-state index is 12.6. The molecule has 1 aromatic carbocycles. The van der Waals surface area contributed by atoms with E-state index in [2.05, 4.69) is 10.3 Å². The van der Waals surface area contributed by atoms with Crippen LogP contribution in [0.25, 0.3) is 10.9 Å². The zero-order valence-corrected chi connectivity index (χ0v) is 16.9. The first-order valence-corrected chi connectivity index (χ1v) is 9.20. The Hall–Kier alpha value is -2.96. The highest BCUT2D eigenvalue weighted by Crippen LogP contribution is 2.23. The van der Waals surface area contributed by atoms with Crippen LogP contribution in [0.1, 0.15) is 41.9 Å². The number of carbonyl (C=O) groups excluding carboxylic acids is 3. The molecule has 2 rings (SSSR count). The summed E-state index contributed by atoms with van der Waals surface area (Å²) in [7, 11) is 1.27. The number of aromatic nitrogens is 1. The Labute approximate surface area is 164 Å². The lowest BCUT2D eigenvalue weighted by atomic mass is 9.99. The minimum absolute atomic E-state index is 0.110. The van der Waals surface area contributed by atoms with E-state index in [-0.39, 0.29) is 5.92 Å². The molecule has 7 heteroatoms. The normalized spacial score (nSPS) is 12.9. The second kappa shape index (κ2) is 9.30. The summed E-state index contributed by atoms with van der Waals surface area (Å²) >= 11 is 0. The first-order valence-electron chi connectivity index (χ1n) is 9.20. The molecule has 0 radical (unpaired) electrons. The number of para-hydroxylation sites is 1. The molecular weight excluding hydrogens is 360 g/mol. The van der Waals surface area contributed by atoms with Crippen molar-refractivity contribution in [3.05, 3.63) is 41.1 Å². The highest BCUT2D eigenvalue weighted by Gasteiger charge is 2.27. The number of fused-ring (bicyclic) bond motifs is 1. The summed E-state index contributed by atoms with van der Waals surface area (Å²) in [5.41, 5.74) is 2.42. The lowest BCUT2D eigenvalue weighted by molar-refractivity contribution is -0.147. The second-order valence-corrected chi connectivity index (χ2v) is 6.74. The molecule has 28 heavy (non-hydrogen) atoms. The highest BCUT2D eigenvalue weighted by atomic mass is 16.5. The van der Waals surface area contributed by atoms with Gasteiger partial charge in [-0.2, -0.15) is 0 Å². The van der Waals surface area contributed by atoms with E-state index < -0.39 is 30.5 Å². The number of esters is 2. The molecule has 2 aromatic rings. The number of nitrogens with one attached hydrogen (secondary N) is 1. The van der Waals surface area contributed by atoms with E-state index in [1.54, 1.807) is 6.92 Å². The molecule has 2 atom stereocenters. The molecule has 0 saturated heterocycles. The molecule has 1 heterocycles. The Morgan fingerprint density at radius 1 is 1.18 bits per heavy atom. The van der Waals surface area contributed by atoms with E-state index in [1.165, 1.54) is 7.11 Å². The Balaban J connectivity index is 2.10. The van der Waals surface area contributed by atoms with E-state index in [9.17, 15) is 14.4 Å². The topological polar surface area (TPSA) is 94.6 Å². The predicted molar refractivity (Wildman–Crippen MR) is 105 cm³/mol. The maximum atomic E-state index is 12.6. The number of amides is 1. The smallest absolute Gasteiger partial charge is 0.340 e. The van der Waals surface area contributed by atoms with Crippen LogP contribution in [0.3, 0.4) is 0 Å². The molecule has 150 valence electrons. The van der Waals surface area contributed by atoms with E-state index in [0.29, 0.717) is 17.7 Å². The summed E-state index contributed by atoms with van der Waals surface area (Å²) in [6.07, 6.45) is 0.682. The molecule has 0 bridgehead atoms. The van der Waals surface area contributed by atoms with Gasteiger partial charge >= 0.3 is 11.9 Å². The summed E-state index contributed by atoms with van der Waals surface area (Å²) in [6.45, 7) is 6.80. The third-order valence-corrected chi connectivity index (χ3v) is 4.86. The van der Waals surface area contributed by atoms with Crippen LogP contribution >= 0.6 is 0 Å². The van der Waals surface area contributed by atoms with E-state index >= 15 is 0 Å². The first kappa shape index (κ1) is 21.3. The summed E-state index contributed by atoms with van der Waals surface area (Å²) in [6, 6.07) is 6.72. The second-order valence-electron chi connectivity index (χ2n) is 6.74. The van der Waals surface area contributed by atoms with Gasteiger partial charge in [0.2, 0.25) is 0 Å². The summed E-state index contributed by atoms with van der Waals surface area (Å²) in [5, 5.41) is 3.43. The number of rotatable bonds is 7. The zero-order chi connectivity index (χ0) is 20.8. The fourth-order valence-electron chi connectivity index (χ4n) is 3.05. The quantitative estimate of drug-likeness (QED) is 0.735. The Morgan fingerprint density at radius 2 is 1.86 bits per heavy atom. The number of benzene rings is 1. The first-order chi connectivity index (χ1) is 13.3. The number of aryl methyl sites for hydroxylation is 2. The lowest BCUT2D eigenvalue weighted by Crippen LogP contribution is -2.47. The SMILES string of the molecule is CC[C@@H](C)[C@H](NC(=O)COC(=O)c1c(C)nc2ccccc2c1C)C(=O)OC. The van der Waals surface area contributed by atoms with Gasteiger partial charge in [0, 0.05) is 5.39 Å². The van der Waals surface area contributed by atoms with Crippen LogP contribution in [-0.4, -0.2) is 42.6 Å². The maximum Gasteiger partial charge on any atom is 0.340 e. The monoisotopic (exact) mass is 386 g/mol. The molecule has 0 aliphatic carbocycles. The van der Waals surface area contributed by atoms with Crippen molar-refractivity contribution in [2.75, 3.05) is 13.7 Å². The van der Waals surface area contributed by atoms with Gasteiger partial charge in [-0.3, -0.25) is 9.78 Å². The Kier molecular flexibility index (Phi) is 7.09. The van der Waals surface area contributed by atoms with Crippen molar-refractivity contribution < 1.29 is 23.9 Å². The van der Waals surface area contributed by atoms with Crippen molar-refractivity contribution in [2.24, 2.45) is 5.92 Å². The highest BCUT2D eigenvalue weighted by molar-refractivity contribution is 5.99. The number of nitrogens with zero attached hydrogens (tertiary/aromatic N) is 1. The zero-order valence-electron chi connectivity index (χ0n) is 16.9. The summed E-state index contributed by atoms with van der Waals surface area (Å²) in [5.74, 6) is -1.82. The molecule has 7 nitrogen and oxygen atoms in total. The molecule has 1 aromatic heterocycles. The van der Waals surface area contributed by atoms with Crippen LogP contribution < -0.4 is 5.32 Å². The van der Waals surface area contributed by atoms with Crippen molar-refractivity contribution in [1.82, 2.24) is 10.3 Å². The fourth-order valence-corrected chi connectivity index (χ4v) is 3.05. The van der Waals surface area contributed by atoms with Crippen LogP contribution in [0, 0.1) is 19.8 Å². The minimum atomic E-state index is -0.785. The molecule has 0 saturated carbocycles. The number of hydrogen-bond donors (Lipinski definition) is 1. The molecular formula is C21H26N2O5. The number of pyridine rings is 1. The van der Waals surface area contributed by atoms with Gasteiger partial charge in [0.05, 0.1) is 23.9 Å². The Morgan fingerprint density at radius 3 is 2.50 bits per heavy atom. The number of methoxy groups -OCH3 is 1. The van der Waals surface area contributed by atoms with Gasteiger partial charge < -0.3 is 14.8 Å². The third-order valence-electron chi connectivity index (χ3n) is 4.86. The van der Waals surface area contributed by atoms with E-state index in [0.717, 1.165) is 16.5 Å². The van der Waals surface area contributed by atoms with Crippen LogP contribution in [-0.2, 0) is 19.1 Å². The molecule has 0 fully saturated rings. The average molecular weight is 386 g/mol. The number of carbonyl (C=O) groups is 3. The van der Waals surface area contributed by atoms with Crippen LogP contribution in [0.4, 0.5) is 0 Å². The van der Waals surface area contributed by atoms with Crippen molar-refractivity contribution in [1.29, 1.82) is 0 Å². The summed E-state index contributed by atoms with van der Waals surface area (Å²) < 4.78 is 9.92. The molecule has 0 spiro atoms. The van der Waals surface area contributed by atoms with Gasteiger partial charge in [-0.25, -0.2) is 9.59 Å². The lowest BCUT2D eigenvalue weighted by Gasteiger charge is -2.21. The van der Waals surface area contributed by atoms with Gasteiger partial charge in [-0.15, -0.1) is 0 Å².